The molecule has 0 saturated carbocycles. The minimum Gasteiger partial charge on any atom is -0.377 e. The minimum atomic E-state index is -3.38. The molecule has 0 aromatic heterocycles. The topological polar surface area (TPSA) is 75.9 Å². The van der Waals surface area contributed by atoms with Gasteiger partial charge in [0.2, 0.25) is 0 Å². The van der Waals surface area contributed by atoms with Gasteiger partial charge >= 0.3 is 0 Å². The number of nitrogens with two attached hydrogens (primary N) is 1. The second-order valence-corrected chi connectivity index (χ2v) is 7.10. The summed E-state index contributed by atoms with van der Waals surface area (Å²) in [5, 5.41) is 0. The Hall–Kier alpha value is -0.210. The van der Waals surface area contributed by atoms with Gasteiger partial charge in [0.05, 0.1) is 5.60 Å². The minimum absolute atomic E-state index is 0.375. The Labute approximate surface area is 110 Å². The highest BCUT2D eigenvalue weighted by Gasteiger charge is 2.37. The van der Waals surface area contributed by atoms with Gasteiger partial charge in [-0.05, 0) is 32.7 Å². The second kappa shape index (κ2) is 6.29. The first-order valence-corrected chi connectivity index (χ1v) is 7.72. The van der Waals surface area contributed by atoms with Crippen molar-refractivity contribution in [3.8, 4) is 0 Å². The summed E-state index contributed by atoms with van der Waals surface area (Å²) in [6.45, 7) is 3.89. The van der Waals surface area contributed by atoms with Crippen LogP contribution in [0.5, 0.6) is 0 Å². The van der Waals surface area contributed by atoms with E-state index in [0.717, 1.165) is 12.8 Å². The van der Waals surface area contributed by atoms with Crippen LogP contribution in [0.1, 0.15) is 26.2 Å². The van der Waals surface area contributed by atoms with E-state index in [0.29, 0.717) is 32.6 Å². The van der Waals surface area contributed by atoms with E-state index >= 15 is 0 Å². The van der Waals surface area contributed by atoms with Crippen LogP contribution in [0.25, 0.3) is 0 Å². The molecule has 1 atom stereocenters. The van der Waals surface area contributed by atoms with Gasteiger partial charge in [-0.15, -0.1) is 0 Å². The third-order valence-electron chi connectivity index (χ3n) is 3.51. The molecule has 18 heavy (non-hydrogen) atoms. The quantitative estimate of drug-likeness (QED) is 0.743. The molecule has 2 N–H and O–H groups in total. The summed E-state index contributed by atoms with van der Waals surface area (Å²) >= 11 is 0. The average Bonchev–Trinajstić information content (AvgIpc) is 2.35. The molecule has 6 nitrogen and oxygen atoms in total. The van der Waals surface area contributed by atoms with Crippen molar-refractivity contribution < 1.29 is 13.2 Å². The molecule has 0 radical (unpaired) electrons. The second-order valence-electron chi connectivity index (χ2n) is 5.06. The molecule has 0 aromatic rings. The van der Waals surface area contributed by atoms with E-state index in [1.165, 1.54) is 8.61 Å². The zero-order valence-electron chi connectivity index (χ0n) is 11.6. The summed E-state index contributed by atoms with van der Waals surface area (Å²) in [5.41, 5.74) is 5.03. The maximum atomic E-state index is 12.4. The lowest BCUT2D eigenvalue weighted by Gasteiger charge is -2.39. The van der Waals surface area contributed by atoms with Crippen LogP contribution >= 0.6 is 0 Å². The van der Waals surface area contributed by atoms with Gasteiger partial charge in [-0.1, -0.05) is 0 Å². The Kier molecular flexibility index (Phi) is 5.54. The highest BCUT2D eigenvalue weighted by molar-refractivity contribution is 7.86. The predicted molar refractivity (Wildman–Crippen MR) is 71.4 cm³/mol. The third-order valence-corrected chi connectivity index (χ3v) is 5.45. The van der Waals surface area contributed by atoms with Crippen molar-refractivity contribution in [1.82, 2.24) is 8.61 Å². The van der Waals surface area contributed by atoms with Gasteiger partial charge in [-0.25, -0.2) is 0 Å². The molecule has 108 valence electrons. The fourth-order valence-electron chi connectivity index (χ4n) is 2.15. The van der Waals surface area contributed by atoms with Crippen LogP contribution in [0.4, 0.5) is 0 Å². The van der Waals surface area contributed by atoms with Crippen molar-refractivity contribution in [2.75, 3.05) is 40.3 Å². The van der Waals surface area contributed by atoms with Crippen LogP contribution < -0.4 is 5.73 Å². The number of ether oxygens (including phenoxy) is 1. The van der Waals surface area contributed by atoms with Gasteiger partial charge in [0, 0.05) is 33.8 Å². The number of piperidine rings is 1. The summed E-state index contributed by atoms with van der Waals surface area (Å²) in [4.78, 5) is 0. The Balaban J connectivity index is 2.72. The van der Waals surface area contributed by atoms with Gasteiger partial charge in [-0.3, -0.25) is 0 Å². The van der Waals surface area contributed by atoms with Crippen molar-refractivity contribution in [2.24, 2.45) is 5.73 Å². The monoisotopic (exact) mass is 279 g/mol. The number of rotatable bonds is 6. The van der Waals surface area contributed by atoms with E-state index in [2.05, 4.69) is 0 Å². The van der Waals surface area contributed by atoms with Crippen LogP contribution in [-0.2, 0) is 14.9 Å². The van der Waals surface area contributed by atoms with Crippen LogP contribution in [0, 0.1) is 0 Å². The average molecular weight is 279 g/mol. The zero-order chi connectivity index (χ0) is 13.8. The normalized spacial score (nSPS) is 26.7. The summed E-state index contributed by atoms with van der Waals surface area (Å²) < 4.78 is 33.0. The molecular weight excluding hydrogens is 254 g/mol. The summed E-state index contributed by atoms with van der Waals surface area (Å²) in [6.07, 6.45) is 2.39. The first kappa shape index (κ1) is 15.8. The molecule has 1 saturated heterocycles. The maximum Gasteiger partial charge on any atom is 0.281 e. The lowest BCUT2D eigenvalue weighted by Crippen LogP contribution is -2.53. The predicted octanol–water partition coefficient (Wildman–Crippen LogP) is 0.0127. The summed E-state index contributed by atoms with van der Waals surface area (Å²) in [7, 11) is -0.150. The number of hydrogen-bond acceptors (Lipinski definition) is 4. The van der Waals surface area contributed by atoms with Gasteiger partial charge in [-0.2, -0.15) is 17.0 Å². The van der Waals surface area contributed by atoms with E-state index < -0.39 is 10.2 Å². The molecule has 0 amide bonds. The molecule has 7 heteroatoms. The van der Waals surface area contributed by atoms with Crippen molar-refractivity contribution in [3.63, 3.8) is 0 Å². The van der Waals surface area contributed by atoms with E-state index in [1.54, 1.807) is 14.2 Å². The van der Waals surface area contributed by atoms with E-state index in [9.17, 15) is 8.42 Å². The van der Waals surface area contributed by atoms with E-state index in [1.807, 2.05) is 6.92 Å². The Morgan fingerprint density at radius 3 is 2.72 bits per heavy atom. The molecule has 1 aliphatic heterocycles. The van der Waals surface area contributed by atoms with Crippen molar-refractivity contribution >= 4 is 10.2 Å². The molecule has 1 rings (SSSR count). The molecule has 0 spiro atoms. The van der Waals surface area contributed by atoms with Gasteiger partial charge in [0.25, 0.3) is 10.2 Å². The van der Waals surface area contributed by atoms with Crippen LogP contribution in [0.15, 0.2) is 0 Å². The molecule has 0 aliphatic carbocycles. The molecule has 1 heterocycles. The van der Waals surface area contributed by atoms with Crippen molar-refractivity contribution in [1.29, 1.82) is 0 Å². The number of hydrogen-bond donors (Lipinski definition) is 1. The first-order chi connectivity index (χ1) is 8.35. The standard InChI is InChI=1S/C11H25N3O3S/c1-11(17-3)6-4-9-14(10-11)18(15,16)13(2)8-5-7-12/h4-10,12H2,1-3H3. The number of nitrogens with zero attached hydrogens (tertiary/aromatic N) is 2. The van der Waals surface area contributed by atoms with E-state index in [-0.39, 0.29) is 5.60 Å². The zero-order valence-corrected chi connectivity index (χ0v) is 12.4. The van der Waals surface area contributed by atoms with Crippen LogP contribution in [0.3, 0.4) is 0 Å². The molecule has 0 bridgehead atoms. The smallest absolute Gasteiger partial charge is 0.281 e. The lowest BCUT2D eigenvalue weighted by molar-refractivity contribution is -0.0328. The van der Waals surface area contributed by atoms with Gasteiger partial charge < -0.3 is 10.5 Å². The van der Waals surface area contributed by atoms with Gasteiger partial charge in [0.1, 0.15) is 0 Å². The highest BCUT2D eigenvalue weighted by atomic mass is 32.2. The Morgan fingerprint density at radius 1 is 1.50 bits per heavy atom. The fourth-order valence-corrected chi connectivity index (χ4v) is 3.70. The summed E-state index contributed by atoms with van der Waals surface area (Å²) in [6, 6.07) is 0. The maximum absolute atomic E-state index is 12.4. The highest BCUT2D eigenvalue weighted by Crippen LogP contribution is 2.26. The SMILES string of the molecule is COC1(C)CCCN(S(=O)(=O)N(C)CCCN)C1. The van der Waals surface area contributed by atoms with Gasteiger partial charge in [0.15, 0.2) is 0 Å². The fraction of sp³-hybridized carbons (Fsp3) is 1.00. The number of methoxy groups -OCH3 is 1. The summed E-state index contributed by atoms with van der Waals surface area (Å²) in [5.74, 6) is 0. The molecule has 0 aromatic carbocycles. The largest absolute Gasteiger partial charge is 0.377 e. The molecular formula is C11H25N3O3S. The molecule has 1 fully saturated rings. The Morgan fingerprint density at radius 2 is 2.17 bits per heavy atom. The molecule has 1 unspecified atom stereocenters. The Bertz CT molecular complexity index is 361. The van der Waals surface area contributed by atoms with Crippen LogP contribution in [0.2, 0.25) is 0 Å². The van der Waals surface area contributed by atoms with Crippen LogP contribution in [-0.4, -0.2) is 63.0 Å². The van der Waals surface area contributed by atoms with E-state index in [4.69, 9.17) is 10.5 Å². The van der Waals surface area contributed by atoms with Crippen molar-refractivity contribution in [3.05, 3.63) is 0 Å². The lowest BCUT2D eigenvalue weighted by atomic mass is 9.96. The first-order valence-electron chi connectivity index (χ1n) is 6.32. The third kappa shape index (κ3) is 3.64. The van der Waals surface area contributed by atoms with Crippen molar-refractivity contribution in [2.45, 2.75) is 31.8 Å². The molecule has 1 aliphatic rings.